The molecular weight excluding hydrogens is 226 g/mol. The van der Waals surface area contributed by atoms with Crippen molar-refractivity contribution in [3.8, 4) is 0 Å². The summed E-state index contributed by atoms with van der Waals surface area (Å²) in [6.45, 7) is 7.63. The van der Waals surface area contributed by atoms with Crippen LogP contribution < -0.4 is 5.73 Å². The molecule has 4 heteroatoms. The lowest BCUT2D eigenvalue weighted by Gasteiger charge is -2.19. The van der Waals surface area contributed by atoms with Crippen LogP contribution in [-0.2, 0) is 12.8 Å². The molecule has 1 saturated heterocycles. The molecule has 0 bridgehead atoms. The molecule has 1 aromatic rings. The SMILES string of the molecule is CC(C)N1CCC(Cc2nc(CCCN)co2)C1. The highest BCUT2D eigenvalue weighted by atomic mass is 16.3. The van der Waals surface area contributed by atoms with E-state index in [0.29, 0.717) is 18.5 Å². The normalized spacial score (nSPS) is 21.0. The van der Waals surface area contributed by atoms with E-state index in [9.17, 15) is 0 Å². The summed E-state index contributed by atoms with van der Waals surface area (Å²) in [5.41, 5.74) is 6.55. The van der Waals surface area contributed by atoms with Crippen LogP contribution >= 0.6 is 0 Å². The van der Waals surface area contributed by atoms with Crippen molar-refractivity contribution < 1.29 is 4.42 Å². The fraction of sp³-hybridized carbons (Fsp3) is 0.786. The van der Waals surface area contributed by atoms with Gasteiger partial charge >= 0.3 is 0 Å². The molecule has 0 aromatic carbocycles. The van der Waals surface area contributed by atoms with Crippen molar-refractivity contribution in [2.75, 3.05) is 19.6 Å². The van der Waals surface area contributed by atoms with Crippen LogP contribution in [0.2, 0.25) is 0 Å². The van der Waals surface area contributed by atoms with E-state index < -0.39 is 0 Å². The summed E-state index contributed by atoms with van der Waals surface area (Å²) in [6.07, 6.45) is 5.95. The number of aryl methyl sites for hydroxylation is 1. The van der Waals surface area contributed by atoms with E-state index in [-0.39, 0.29) is 0 Å². The Balaban J connectivity index is 1.81. The number of aromatic nitrogens is 1. The summed E-state index contributed by atoms with van der Waals surface area (Å²) >= 11 is 0. The Morgan fingerprint density at radius 2 is 2.39 bits per heavy atom. The molecule has 0 amide bonds. The van der Waals surface area contributed by atoms with Crippen molar-refractivity contribution in [2.45, 2.75) is 45.6 Å². The lowest BCUT2D eigenvalue weighted by Crippen LogP contribution is -2.28. The zero-order valence-electron chi connectivity index (χ0n) is 11.6. The predicted molar refractivity (Wildman–Crippen MR) is 72.4 cm³/mol. The molecule has 2 heterocycles. The smallest absolute Gasteiger partial charge is 0.194 e. The minimum atomic E-state index is 0.652. The van der Waals surface area contributed by atoms with Crippen LogP contribution in [0.3, 0.4) is 0 Å². The second-order valence-electron chi connectivity index (χ2n) is 5.57. The summed E-state index contributed by atoms with van der Waals surface area (Å²) in [6, 6.07) is 0.652. The maximum Gasteiger partial charge on any atom is 0.194 e. The second kappa shape index (κ2) is 6.34. The van der Waals surface area contributed by atoms with Crippen molar-refractivity contribution in [2.24, 2.45) is 11.7 Å². The number of hydrogen-bond donors (Lipinski definition) is 1. The van der Waals surface area contributed by atoms with Crippen LogP contribution in [-0.4, -0.2) is 35.6 Å². The molecule has 4 nitrogen and oxygen atoms in total. The Morgan fingerprint density at radius 3 is 3.06 bits per heavy atom. The topological polar surface area (TPSA) is 55.3 Å². The van der Waals surface area contributed by atoms with Gasteiger partial charge in [0, 0.05) is 19.0 Å². The molecule has 0 aliphatic carbocycles. The molecule has 1 aromatic heterocycles. The first-order valence-corrected chi connectivity index (χ1v) is 7.06. The van der Waals surface area contributed by atoms with Gasteiger partial charge < -0.3 is 15.1 Å². The van der Waals surface area contributed by atoms with Gasteiger partial charge in [0.1, 0.15) is 6.26 Å². The largest absolute Gasteiger partial charge is 0.449 e. The zero-order chi connectivity index (χ0) is 13.0. The van der Waals surface area contributed by atoms with Crippen molar-refractivity contribution in [3.05, 3.63) is 17.8 Å². The Labute approximate surface area is 110 Å². The molecule has 1 aliphatic rings. The van der Waals surface area contributed by atoms with E-state index in [1.165, 1.54) is 19.5 Å². The van der Waals surface area contributed by atoms with Gasteiger partial charge in [0.15, 0.2) is 5.89 Å². The number of rotatable bonds is 6. The second-order valence-corrected chi connectivity index (χ2v) is 5.57. The number of nitrogens with zero attached hydrogens (tertiary/aromatic N) is 2. The maximum atomic E-state index is 5.55. The monoisotopic (exact) mass is 251 g/mol. The first-order chi connectivity index (χ1) is 8.69. The third-order valence-electron chi connectivity index (χ3n) is 3.75. The molecule has 1 aliphatic heterocycles. The van der Waals surface area contributed by atoms with Gasteiger partial charge in [0.2, 0.25) is 0 Å². The lowest BCUT2D eigenvalue weighted by molar-refractivity contribution is 0.262. The third kappa shape index (κ3) is 3.56. The Hall–Kier alpha value is -0.870. The molecule has 2 N–H and O–H groups in total. The van der Waals surface area contributed by atoms with E-state index in [1.54, 1.807) is 6.26 Å². The molecule has 0 saturated carbocycles. The van der Waals surface area contributed by atoms with Crippen LogP contribution in [0.1, 0.15) is 38.3 Å². The summed E-state index contributed by atoms with van der Waals surface area (Å²) in [7, 11) is 0. The highest BCUT2D eigenvalue weighted by molar-refractivity contribution is 4.98. The number of oxazole rings is 1. The Bertz CT molecular complexity index is 362. The van der Waals surface area contributed by atoms with Crippen LogP contribution in [0.25, 0.3) is 0 Å². The van der Waals surface area contributed by atoms with Crippen molar-refractivity contribution in [1.82, 2.24) is 9.88 Å². The minimum absolute atomic E-state index is 0.652. The van der Waals surface area contributed by atoms with Crippen LogP contribution in [0, 0.1) is 5.92 Å². The lowest BCUT2D eigenvalue weighted by atomic mass is 10.1. The fourth-order valence-electron chi connectivity index (χ4n) is 2.59. The summed E-state index contributed by atoms with van der Waals surface area (Å²) < 4.78 is 5.55. The molecule has 2 rings (SSSR count). The van der Waals surface area contributed by atoms with E-state index in [1.807, 2.05) is 0 Å². The molecule has 102 valence electrons. The van der Waals surface area contributed by atoms with Gasteiger partial charge in [-0.05, 0) is 52.1 Å². The van der Waals surface area contributed by atoms with E-state index in [0.717, 1.165) is 30.8 Å². The highest BCUT2D eigenvalue weighted by Crippen LogP contribution is 2.22. The summed E-state index contributed by atoms with van der Waals surface area (Å²) in [5.74, 6) is 1.60. The first kappa shape index (κ1) is 13.6. The predicted octanol–water partition coefficient (Wildman–Crippen LogP) is 1.84. The van der Waals surface area contributed by atoms with Gasteiger partial charge in [0.05, 0.1) is 5.69 Å². The van der Waals surface area contributed by atoms with Crippen LogP contribution in [0.5, 0.6) is 0 Å². The molecule has 1 unspecified atom stereocenters. The van der Waals surface area contributed by atoms with Crippen molar-refractivity contribution in [3.63, 3.8) is 0 Å². The van der Waals surface area contributed by atoms with Gasteiger partial charge in [-0.1, -0.05) is 0 Å². The summed E-state index contributed by atoms with van der Waals surface area (Å²) in [5, 5.41) is 0. The minimum Gasteiger partial charge on any atom is -0.449 e. The van der Waals surface area contributed by atoms with Gasteiger partial charge in [-0.15, -0.1) is 0 Å². The quantitative estimate of drug-likeness (QED) is 0.838. The van der Waals surface area contributed by atoms with Gasteiger partial charge in [0.25, 0.3) is 0 Å². The molecule has 1 atom stereocenters. The average Bonchev–Trinajstić information content (AvgIpc) is 2.96. The molecule has 1 fully saturated rings. The average molecular weight is 251 g/mol. The number of likely N-dealkylation sites (tertiary alicyclic amines) is 1. The fourth-order valence-corrected chi connectivity index (χ4v) is 2.59. The van der Waals surface area contributed by atoms with E-state index in [2.05, 4.69) is 23.7 Å². The molecule has 0 radical (unpaired) electrons. The number of nitrogens with two attached hydrogens (primary N) is 1. The van der Waals surface area contributed by atoms with Gasteiger partial charge in [-0.3, -0.25) is 0 Å². The Morgan fingerprint density at radius 1 is 1.56 bits per heavy atom. The zero-order valence-corrected chi connectivity index (χ0v) is 11.6. The molecule has 18 heavy (non-hydrogen) atoms. The standard InChI is InChI=1S/C14H25N3O/c1-11(2)17-7-5-12(9-17)8-14-16-13(10-18-14)4-3-6-15/h10-12H,3-9,15H2,1-2H3. The van der Waals surface area contributed by atoms with Crippen LogP contribution in [0.15, 0.2) is 10.7 Å². The molecular formula is C14H25N3O. The van der Waals surface area contributed by atoms with Gasteiger partial charge in [-0.25, -0.2) is 4.98 Å². The number of hydrogen-bond acceptors (Lipinski definition) is 4. The highest BCUT2D eigenvalue weighted by Gasteiger charge is 2.25. The Kier molecular flexibility index (Phi) is 4.78. The third-order valence-corrected chi connectivity index (χ3v) is 3.75. The van der Waals surface area contributed by atoms with Crippen molar-refractivity contribution in [1.29, 1.82) is 0 Å². The van der Waals surface area contributed by atoms with Gasteiger partial charge in [-0.2, -0.15) is 0 Å². The van der Waals surface area contributed by atoms with Crippen LogP contribution in [0.4, 0.5) is 0 Å². The maximum absolute atomic E-state index is 5.55. The van der Waals surface area contributed by atoms with E-state index >= 15 is 0 Å². The molecule has 0 spiro atoms. The summed E-state index contributed by atoms with van der Waals surface area (Å²) in [4.78, 5) is 7.07. The van der Waals surface area contributed by atoms with Crippen molar-refractivity contribution >= 4 is 0 Å². The first-order valence-electron chi connectivity index (χ1n) is 7.06. The van der Waals surface area contributed by atoms with E-state index in [4.69, 9.17) is 10.2 Å².